The second kappa shape index (κ2) is 9.23. The number of alkyl halides is 3. The van der Waals surface area contributed by atoms with Gasteiger partial charge in [-0.05, 0) is 31.5 Å². The number of hydrogen-bond acceptors (Lipinski definition) is 7. The van der Waals surface area contributed by atoms with Crippen LogP contribution in [0.4, 0.5) is 24.0 Å². The summed E-state index contributed by atoms with van der Waals surface area (Å²) in [6.45, 7) is 6.02. The van der Waals surface area contributed by atoms with Crippen molar-refractivity contribution >= 4 is 34.0 Å². The summed E-state index contributed by atoms with van der Waals surface area (Å²) in [6.07, 6.45) is -3.58. The Hall–Kier alpha value is -2.66. The van der Waals surface area contributed by atoms with Gasteiger partial charge in [-0.3, -0.25) is 9.69 Å². The van der Waals surface area contributed by atoms with Crippen molar-refractivity contribution in [3.8, 4) is 0 Å². The number of aromatic nitrogens is 1. The lowest BCUT2D eigenvalue weighted by Gasteiger charge is -2.35. The molecule has 0 atom stereocenters. The van der Waals surface area contributed by atoms with Gasteiger partial charge in [0, 0.05) is 37.3 Å². The highest BCUT2D eigenvalue weighted by Crippen LogP contribution is 2.33. The lowest BCUT2D eigenvalue weighted by molar-refractivity contribution is -0.137. The Balaban J connectivity index is 1.55. The standard InChI is InChI=1S/C20H23F3N4O3S/c1-12-13(2)31-18(17(12)19(29)30-3)25-16(28)11-26-6-8-27(9-7-26)15-5-4-14(10-24-15)20(21,22)23/h4-5,10H,6-9,11H2,1-3H3,(H,25,28). The number of rotatable bonds is 5. The van der Waals surface area contributed by atoms with Crippen molar-refractivity contribution in [2.24, 2.45) is 0 Å². The number of pyridine rings is 1. The van der Waals surface area contributed by atoms with Crippen LogP contribution < -0.4 is 10.2 Å². The zero-order chi connectivity index (χ0) is 22.8. The van der Waals surface area contributed by atoms with Gasteiger partial charge in [0.2, 0.25) is 5.91 Å². The molecule has 1 fully saturated rings. The number of piperazine rings is 1. The normalized spacial score (nSPS) is 15.1. The number of halogens is 3. The number of anilines is 2. The fourth-order valence-electron chi connectivity index (χ4n) is 3.31. The fourth-order valence-corrected chi connectivity index (χ4v) is 4.37. The van der Waals surface area contributed by atoms with Crippen LogP contribution in [0, 0.1) is 13.8 Å². The Kier molecular flexibility index (Phi) is 6.85. The van der Waals surface area contributed by atoms with Gasteiger partial charge in [-0.2, -0.15) is 13.2 Å². The molecule has 7 nitrogen and oxygen atoms in total. The summed E-state index contributed by atoms with van der Waals surface area (Å²) in [5, 5.41) is 3.27. The number of thiophene rings is 1. The van der Waals surface area contributed by atoms with Crippen molar-refractivity contribution in [3.05, 3.63) is 39.9 Å². The minimum absolute atomic E-state index is 0.144. The summed E-state index contributed by atoms with van der Waals surface area (Å²) in [7, 11) is 1.30. The number of aryl methyl sites for hydroxylation is 1. The molecule has 31 heavy (non-hydrogen) atoms. The quantitative estimate of drug-likeness (QED) is 0.696. The first-order chi connectivity index (χ1) is 14.6. The molecular formula is C20H23F3N4O3S. The molecule has 0 unspecified atom stereocenters. The van der Waals surface area contributed by atoms with Gasteiger partial charge in [-0.1, -0.05) is 0 Å². The van der Waals surface area contributed by atoms with E-state index < -0.39 is 17.7 Å². The van der Waals surface area contributed by atoms with Gasteiger partial charge >= 0.3 is 12.1 Å². The molecule has 0 aromatic carbocycles. The van der Waals surface area contributed by atoms with Crippen LogP contribution in [0.1, 0.15) is 26.4 Å². The fraction of sp³-hybridized carbons (Fsp3) is 0.450. The summed E-state index contributed by atoms with van der Waals surface area (Å²) < 4.78 is 42.9. The van der Waals surface area contributed by atoms with Crippen molar-refractivity contribution in [2.45, 2.75) is 20.0 Å². The van der Waals surface area contributed by atoms with E-state index in [1.165, 1.54) is 24.5 Å². The monoisotopic (exact) mass is 456 g/mol. The molecular weight excluding hydrogens is 433 g/mol. The summed E-state index contributed by atoms with van der Waals surface area (Å²) in [6, 6.07) is 2.38. The lowest BCUT2D eigenvalue weighted by Crippen LogP contribution is -2.49. The average Bonchev–Trinajstić information content (AvgIpc) is 3.00. The largest absolute Gasteiger partial charge is 0.465 e. The molecule has 1 amide bonds. The summed E-state index contributed by atoms with van der Waals surface area (Å²) in [5.74, 6) is -0.258. The van der Waals surface area contributed by atoms with Crippen LogP contribution in [0.25, 0.3) is 0 Å². The maximum atomic E-state index is 12.7. The van der Waals surface area contributed by atoms with Crippen molar-refractivity contribution in [3.63, 3.8) is 0 Å². The second-order valence-corrected chi connectivity index (χ2v) is 8.42. The number of amides is 1. The first-order valence-corrected chi connectivity index (χ1v) is 10.4. The smallest absolute Gasteiger partial charge is 0.417 e. The van der Waals surface area contributed by atoms with Gasteiger partial charge in [0.15, 0.2) is 0 Å². The third kappa shape index (κ3) is 5.34. The SMILES string of the molecule is COC(=O)c1c(NC(=O)CN2CCN(c3ccc(C(F)(F)F)cn3)CC2)sc(C)c1C. The Labute approximate surface area is 181 Å². The molecule has 0 bridgehead atoms. The molecule has 0 spiro atoms. The molecule has 3 rings (SSSR count). The van der Waals surface area contributed by atoms with Crippen LogP contribution in [-0.2, 0) is 15.7 Å². The van der Waals surface area contributed by atoms with Crippen molar-refractivity contribution in [2.75, 3.05) is 50.1 Å². The molecule has 3 heterocycles. The van der Waals surface area contributed by atoms with E-state index in [2.05, 4.69) is 10.3 Å². The summed E-state index contributed by atoms with van der Waals surface area (Å²) in [4.78, 5) is 33.2. The van der Waals surface area contributed by atoms with Crippen molar-refractivity contribution in [1.82, 2.24) is 9.88 Å². The summed E-state index contributed by atoms with van der Waals surface area (Å²) in [5.41, 5.74) is 0.373. The Morgan fingerprint density at radius 1 is 1.19 bits per heavy atom. The van der Waals surface area contributed by atoms with Crippen LogP contribution in [-0.4, -0.2) is 61.6 Å². The minimum atomic E-state index is -4.41. The number of carbonyl (C=O) groups is 2. The topological polar surface area (TPSA) is 74.8 Å². The Bertz CT molecular complexity index is 952. The number of methoxy groups -OCH3 is 1. The first kappa shape index (κ1) is 23.0. The molecule has 0 saturated carbocycles. The highest BCUT2D eigenvalue weighted by molar-refractivity contribution is 7.16. The molecule has 1 saturated heterocycles. The van der Waals surface area contributed by atoms with E-state index in [1.54, 1.807) is 0 Å². The second-order valence-electron chi connectivity index (χ2n) is 7.19. The van der Waals surface area contributed by atoms with E-state index in [4.69, 9.17) is 4.74 Å². The maximum absolute atomic E-state index is 12.7. The Morgan fingerprint density at radius 3 is 2.42 bits per heavy atom. The van der Waals surface area contributed by atoms with Gasteiger partial charge in [-0.25, -0.2) is 9.78 Å². The highest BCUT2D eigenvalue weighted by atomic mass is 32.1. The number of nitrogens with zero attached hydrogens (tertiary/aromatic N) is 3. The van der Waals surface area contributed by atoms with Crippen molar-refractivity contribution in [1.29, 1.82) is 0 Å². The van der Waals surface area contributed by atoms with Gasteiger partial charge in [0.05, 0.1) is 24.8 Å². The predicted molar refractivity (Wildman–Crippen MR) is 112 cm³/mol. The number of nitrogens with one attached hydrogen (secondary N) is 1. The molecule has 0 radical (unpaired) electrons. The van der Waals surface area contributed by atoms with Gasteiger partial charge < -0.3 is 15.0 Å². The predicted octanol–water partition coefficient (Wildman–Crippen LogP) is 3.33. The zero-order valence-corrected chi connectivity index (χ0v) is 18.2. The lowest BCUT2D eigenvalue weighted by atomic mass is 10.1. The van der Waals surface area contributed by atoms with Crippen molar-refractivity contribution < 1.29 is 27.5 Å². The number of hydrogen-bond donors (Lipinski definition) is 1. The molecule has 11 heteroatoms. The summed E-state index contributed by atoms with van der Waals surface area (Å²) >= 11 is 1.33. The first-order valence-electron chi connectivity index (χ1n) is 9.59. The van der Waals surface area contributed by atoms with Crippen LogP contribution in [0.15, 0.2) is 18.3 Å². The van der Waals surface area contributed by atoms with E-state index in [0.29, 0.717) is 42.6 Å². The molecule has 1 aliphatic heterocycles. The van der Waals surface area contributed by atoms with Gasteiger partial charge in [0.1, 0.15) is 10.8 Å². The van der Waals surface area contributed by atoms with E-state index >= 15 is 0 Å². The zero-order valence-electron chi connectivity index (χ0n) is 17.4. The third-order valence-corrected chi connectivity index (χ3v) is 6.29. The third-order valence-electron chi connectivity index (χ3n) is 5.17. The van der Waals surface area contributed by atoms with Gasteiger partial charge in [0.25, 0.3) is 0 Å². The van der Waals surface area contributed by atoms with Crippen LogP contribution in [0.2, 0.25) is 0 Å². The molecule has 0 aliphatic carbocycles. The number of ether oxygens (including phenoxy) is 1. The van der Waals surface area contributed by atoms with Gasteiger partial charge in [-0.15, -0.1) is 11.3 Å². The number of carbonyl (C=O) groups excluding carboxylic acids is 2. The van der Waals surface area contributed by atoms with E-state index in [9.17, 15) is 22.8 Å². The minimum Gasteiger partial charge on any atom is -0.465 e. The van der Waals surface area contributed by atoms with Crippen LogP contribution in [0.3, 0.4) is 0 Å². The molecule has 2 aromatic rings. The Morgan fingerprint density at radius 2 is 1.87 bits per heavy atom. The maximum Gasteiger partial charge on any atom is 0.417 e. The molecule has 1 aliphatic rings. The van der Waals surface area contributed by atoms with Crippen LogP contribution in [0.5, 0.6) is 0 Å². The van der Waals surface area contributed by atoms with E-state index in [1.807, 2.05) is 23.6 Å². The highest BCUT2D eigenvalue weighted by Gasteiger charge is 2.31. The molecule has 168 valence electrons. The molecule has 1 N–H and O–H groups in total. The average molecular weight is 456 g/mol. The number of esters is 1. The molecule has 2 aromatic heterocycles. The van der Waals surface area contributed by atoms with E-state index in [0.717, 1.165) is 22.7 Å². The van der Waals surface area contributed by atoms with E-state index in [-0.39, 0.29) is 12.5 Å². The van der Waals surface area contributed by atoms with Crippen LogP contribution >= 0.6 is 11.3 Å².